The Morgan fingerprint density at radius 1 is 1.28 bits per heavy atom. The molecule has 0 aliphatic carbocycles. The smallest absolute Gasteiger partial charge is 0.407 e. The van der Waals surface area contributed by atoms with Crippen LogP contribution in [-0.2, 0) is 14.3 Å². The van der Waals surface area contributed by atoms with Crippen LogP contribution in [0.5, 0.6) is 0 Å². The van der Waals surface area contributed by atoms with Crippen molar-refractivity contribution < 1.29 is 24.2 Å². The summed E-state index contributed by atoms with van der Waals surface area (Å²) in [5.41, 5.74) is -0.568. The highest BCUT2D eigenvalue weighted by Crippen LogP contribution is 2.06. The number of carboxylic acid groups (broad SMARTS) is 1. The van der Waals surface area contributed by atoms with Crippen LogP contribution in [0, 0.1) is 0 Å². The molecule has 0 aliphatic heterocycles. The number of carbonyl (C=O) groups is 3. The van der Waals surface area contributed by atoms with Gasteiger partial charge in [-0.25, -0.2) is 9.59 Å². The summed E-state index contributed by atoms with van der Waals surface area (Å²) in [6.45, 7) is 7.16. The molecule has 18 heavy (non-hydrogen) atoms. The van der Waals surface area contributed by atoms with E-state index >= 15 is 0 Å². The van der Waals surface area contributed by atoms with Crippen molar-refractivity contribution in [3.05, 3.63) is 0 Å². The first-order chi connectivity index (χ1) is 8.11. The van der Waals surface area contributed by atoms with Crippen LogP contribution in [0.3, 0.4) is 0 Å². The molecule has 0 saturated heterocycles. The average Bonchev–Trinajstić information content (AvgIpc) is 2.13. The van der Waals surface area contributed by atoms with Crippen molar-refractivity contribution in [2.45, 2.75) is 45.8 Å². The monoisotopic (exact) mass is 260 g/mol. The first kappa shape index (κ1) is 16.2. The number of alkyl carbamates (subject to hydrolysis) is 1. The molecule has 104 valence electrons. The van der Waals surface area contributed by atoms with E-state index in [9.17, 15) is 14.4 Å². The number of carbonyl (C=O) groups excluding carboxylic acids is 2. The van der Waals surface area contributed by atoms with Gasteiger partial charge in [0.2, 0.25) is 0 Å². The van der Waals surface area contributed by atoms with E-state index in [2.05, 4.69) is 10.6 Å². The molecule has 0 aliphatic rings. The molecule has 0 radical (unpaired) electrons. The van der Waals surface area contributed by atoms with Crippen molar-refractivity contribution in [1.29, 1.82) is 0 Å². The zero-order valence-electron chi connectivity index (χ0n) is 11.1. The van der Waals surface area contributed by atoms with Crippen molar-refractivity contribution in [3.63, 3.8) is 0 Å². The fourth-order valence-corrected chi connectivity index (χ4v) is 1.06. The van der Waals surface area contributed by atoms with Gasteiger partial charge in [-0.15, -0.1) is 0 Å². The minimum Gasteiger partial charge on any atom is -0.474 e. The van der Waals surface area contributed by atoms with E-state index in [4.69, 9.17) is 9.84 Å². The molecule has 0 bridgehead atoms. The maximum Gasteiger partial charge on any atom is 0.407 e. The number of nitrogens with one attached hydrogen (secondary N) is 2. The molecule has 0 spiro atoms. The van der Waals surface area contributed by atoms with Crippen LogP contribution in [0.25, 0.3) is 0 Å². The number of rotatable bonds is 4. The molecule has 1 atom stereocenters. The Bertz CT molecular complexity index is 322. The average molecular weight is 260 g/mol. The van der Waals surface area contributed by atoms with E-state index in [0.717, 1.165) is 0 Å². The molecule has 0 rings (SSSR count). The lowest BCUT2D eigenvalue weighted by Crippen LogP contribution is -2.40. The van der Waals surface area contributed by atoms with Crippen molar-refractivity contribution in [1.82, 2.24) is 10.6 Å². The first-order valence-electron chi connectivity index (χ1n) is 5.62. The summed E-state index contributed by atoms with van der Waals surface area (Å²) in [5.74, 6) is -2.58. The Hall–Kier alpha value is -1.79. The molecule has 7 heteroatoms. The fourth-order valence-electron chi connectivity index (χ4n) is 1.06. The summed E-state index contributed by atoms with van der Waals surface area (Å²) >= 11 is 0. The fraction of sp³-hybridized carbons (Fsp3) is 0.727. The largest absolute Gasteiger partial charge is 0.474 e. The molecule has 0 aromatic heterocycles. The van der Waals surface area contributed by atoms with E-state index in [1.807, 2.05) is 0 Å². The van der Waals surface area contributed by atoms with E-state index in [0.29, 0.717) is 6.42 Å². The van der Waals surface area contributed by atoms with Crippen molar-refractivity contribution in [3.8, 4) is 0 Å². The third-order valence-electron chi connectivity index (χ3n) is 1.82. The summed E-state index contributed by atoms with van der Waals surface area (Å²) in [7, 11) is 0. The van der Waals surface area contributed by atoms with Crippen LogP contribution in [0.2, 0.25) is 0 Å². The number of amides is 2. The molecule has 2 amide bonds. The Balaban J connectivity index is 3.84. The van der Waals surface area contributed by atoms with E-state index in [-0.39, 0.29) is 12.6 Å². The van der Waals surface area contributed by atoms with Gasteiger partial charge in [0.05, 0.1) is 0 Å². The van der Waals surface area contributed by atoms with E-state index in [1.54, 1.807) is 27.7 Å². The van der Waals surface area contributed by atoms with Gasteiger partial charge in [-0.05, 0) is 34.1 Å². The molecular weight excluding hydrogens is 240 g/mol. The highest BCUT2D eigenvalue weighted by atomic mass is 16.6. The van der Waals surface area contributed by atoms with Crippen molar-refractivity contribution in [2.24, 2.45) is 0 Å². The summed E-state index contributed by atoms with van der Waals surface area (Å²) in [6, 6.07) is -0.228. The molecule has 7 nitrogen and oxygen atoms in total. The third-order valence-corrected chi connectivity index (χ3v) is 1.82. The minimum absolute atomic E-state index is 0.169. The predicted octanol–water partition coefficient (Wildman–Crippen LogP) is 0.490. The van der Waals surface area contributed by atoms with Crippen LogP contribution in [0.15, 0.2) is 0 Å². The second kappa shape index (κ2) is 6.83. The summed E-state index contributed by atoms with van der Waals surface area (Å²) in [6.07, 6.45) is -0.127. The lowest BCUT2D eigenvalue weighted by Gasteiger charge is -2.21. The quantitative estimate of drug-likeness (QED) is 0.638. The van der Waals surface area contributed by atoms with Crippen molar-refractivity contribution in [2.75, 3.05) is 6.54 Å². The maximum absolute atomic E-state index is 11.4. The minimum atomic E-state index is -1.53. The molecule has 0 fully saturated rings. The number of hydrogen-bond donors (Lipinski definition) is 3. The van der Waals surface area contributed by atoms with Crippen molar-refractivity contribution >= 4 is 18.0 Å². The van der Waals surface area contributed by atoms with Gasteiger partial charge in [0.1, 0.15) is 5.60 Å². The van der Waals surface area contributed by atoms with Gasteiger partial charge in [0.15, 0.2) is 0 Å². The number of carboxylic acids is 1. The Labute approximate surface area is 106 Å². The Morgan fingerprint density at radius 3 is 2.28 bits per heavy atom. The summed E-state index contributed by atoms with van der Waals surface area (Å²) in [5, 5.41) is 13.1. The Kier molecular flexibility index (Phi) is 6.15. The van der Waals surface area contributed by atoms with Gasteiger partial charge >= 0.3 is 18.0 Å². The lowest BCUT2D eigenvalue weighted by atomic mass is 10.2. The highest BCUT2D eigenvalue weighted by molar-refractivity contribution is 6.31. The second-order valence-electron chi connectivity index (χ2n) is 4.90. The molecule has 0 saturated carbocycles. The number of aliphatic carboxylic acids is 1. The van der Waals surface area contributed by atoms with Crippen LogP contribution >= 0.6 is 0 Å². The summed E-state index contributed by atoms with van der Waals surface area (Å²) in [4.78, 5) is 32.3. The number of hydrogen-bond acceptors (Lipinski definition) is 4. The molecule has 1 unspecified atom stereocenters. The van der Waals surface area contributed by atoms with Crippen LogP contribution < -0.4 is 10.6 Å². The number of ether oxygens (including phenoxy) is 1. The van der Waals surface area contributed by atoms with Gasteiger partial charge in [-0.2, -0.15) is 0 Å². The van der Waals surface area contributed by atoms with Gasteiger partial charge in [0.25, 0.3) is 0 Å². The van der Waals surface area contributed by atoms with Gasteiger partial charge in [-0.3, -0.25) is 4.79 Å². The zero-order valence-corrected chi connectivity index (χ0v) is 11.1. The Morgan fingerprint density at radius 2 is 1.83 bits per heavy atom. The SMILES string of the molecule is CC(CCNC(=O)C(=O)O)NC(=O)OC(C)(C)C. The normalized spacial score (nSPS) is 12.4. The zero-order chi connectivity index (χ0) is 14.3. The maximum atomic E-state index is 11.4. The predicted molar refractivity (Wildman–Crippen MR) is 64.1 cm³/mol. The summed E-state index contributed by atoms with van der Waals surface area (Å²) < 4.78 is 5.04. The first-order valence-corrected chi connectivity index (χ1v) is 5.62. The second-order valence-corrected chi connectivity index (χ2v) is 4.90. The van der Waals surface area contributed by atoms with Gasteiger partial charge in [0, 0.05) is 12.6 Å². The third kappa shape index (κ3) is 8.37. The van der Waals surface area contributed by atoms with Gasteiger partial charge in [-0.1, -0.05) is 0 Å². The van der Waals surface area contributed by atoms with E-state index < -0.39 is 23.6 Å². The molecule has 3 N–H and O–H groups in total. The van der Waals surface area contributed by atoms with Gasteiger partial charge < -0.3 is 20.5 Å². The molecule has 0 heterocycles. The van der Waals surface area contributed by atoms with Crippen LogP contribution in [0.4, 0.5) is 4.79 Å². The molecular formula is C11H20N2O5. The van der Waals surface area contributed by atoms with Crippen LogP contribution in [-0.4, -0.2) is 41.3 Å². The lowest BCUT2D eigenvalue weighted by molar-refractivity contribution is -0.150. The highest BCUT2D eigenvalue weighted by Gasteiger charge is 2.17. The topological polar surface area (TPSA) is 105 Å². The standard InChI is InChI=1S/C11H20N2O5/c1-7(5-6-12-8(14)9(15)16)13-10(17)18-11(2,3)4/h7H,5-6H2,1-4H3,(H,12,14)(H,13,17)(H,15,16). The molecule has 0 aromatic rings. The van der Waals surface area contributed by atoms with Crippen LogP contribution in [0.1, 0.15) is 34.1 Å². The van der Waals surface area contributed by atoms with E-state index in [1.165, 1.54) is 0 Å². The molecule has 0 aromatic carbocycles.